The lowest BCUT2D eigenvalue weighted by molar-refractivity contribution is -0.116. The number of carbonyl (C=O) groups excluding carboxylic acids is 1. The second kappa shape index (κ2) is 4.33. The maximum absolute atomic E-state index is 11.8. The van der Waals surface area contributed by atoms with Gasteiger partial charge in [-0.2, -0.15) is 10.2 Å². The third-order valence-electron chi connectivity index (χ3n) is 2.55. The molecule has 0 bridgehead atoms. The largest absolute Gasteiger partial charge is 0.324 e. The first-order valence-electron chi connectivity index (χ1n) is 5.52. The molecule has 0 aliphatic carbocycles. The van der Waals surface area contributed by atoms with Gasteiger partial charge in [0.1, 0.15) is 6.54 Å². The van der Waals surface area contributed by atoms with Gasteiger partial charge in [0.25, 0.3) is 0 Å². The number of hydrogen-bond donors (Lipinski definition) is 1. The predicted molar refractivity (Wildman–Crippen MR) is 66.0 cm³/mol. The highest BCUT2D eigenvalue weighted by atomic mass is 16.2. The molecule has 0 spiro atoms. The van der Waals surface area contributed by atoms with E-state index in [4.69, 9.17) is 0 Å². The summed E-state index contributed by atoms with van der Waals surface area (Å²) in [6.07, 6.45) is 6.91. The third kappa shape index (κ3) is 2.08. The van der Waals surface area contributed by atoms with Crippen molar-refractivity contribution in [1.29, 1.82) is 0 Å². The standard InChI is InChI=1S/C12H11N5O/c18-12(9-16-6-1-4-13-16)15-10-3-7-17-11(8-10)2-5-14-17/h1-8H,9H2,(H,15,18). The monoisotopic (exact) mass is 241 g/mol. The average Bonchev–Trinajstić information content (AvgIpc) is 2.98. The van der Waals surface area contributed by atoms with Crippen molar-refractivity contribution in [2.45, 2.75) is 6.54 Å². The number of amides is 1. The fourth-order valence-corrected chi connectivity index (χ4v) is 1.74. The molecule has 1 N–H and O–H groups in total. The summed E-state index contributed by atoms with van der Waals surface area (Å²) in [6, 6.07) is 7.34. The van der Waals surface area contributed by atoms with Gasteiger partial charge in [0.15, 0.2) is 0 Å². The summed E-state index contributed by atoms with van der Waals surface area (Å²) < 4.78 is 3.32. The van der Waals surface area contributed by atoms with Gasteiger partial charge >= 0.3 is 0 Å². The smallest absolute Gasteiger partial charge is 0.246 e. The van der Waals surface area contributed by atoms with E-state index in [1.54, 1.807) is 46.1 Å². The van der Waals surface area contributed by atoms with Crippen LogP contribution in [0.2, 0.25) is 0 Å². The van der Waals surface area contributed by atoms with Gasteiger partial charge in [-0.25, -0.2) is 4.52 Å². The molecule has 90 valence electrons. The fraction of sp³-hybridized carbons (Fsp3) is 0.0833. The Hall–Kier alpha value is -2.63. The van der Waals surface area contributed by atoms with Crippen LogP contribution < -0.4 is 5.32 Å². The maximum atomic E-state index is 11.8. The molecule has 3 aromatic rings. The Labute approximate surface area is 103 Å². The topological polar surface area (TPSA) is 64.2 Å². The zero-order chi connectivity index (χ0) is 12.4. The van der Waals surface area contributed by atoms with Crippen molar-refractivity contribution in [2.24, 2.45) is 0 Å². The number of anilines is 1. The number of nitrogens with zero attached hydrogens (tertiary/aromatic N) is 4. The fourth-order valence-electron chi connectivity index (χ4n) is 1.74. The van der Waals surface area contributed by atoms with Crippen LogP contribution in [0, 0.1) is 0 Å². The summed E-state index contributed by atoms with van der Waals surface area (Å²) in [6.45, 7) is 0.206. The highest BCUT2D eigenvalue weighted by Crippen LogP contribution is 2.11. The highest BCUT2D eigenvalue weighted by molar-refractivity contribution is 5.91. The van der Waals surface area contributed by atoms with E-state index in [0.29, 0.717) is 0 Å². The minimum absolute atomic E-state index is 0.109. The number of aromatic nitrogens is 4. The highest BCUT2D eigenvalue weighted by Gasteiger charge is 2.04. The molecule has 3 heterocycles. The first kappa shape index (κ1) is 10.5. The van der Waals surface area contributed by atoms with Crippen LogP contribution in [-0.2, 0) is 11.3 Å². The summed E-state index contributed by atoms with van der Waals surface area (Å²) in [7, 11) is 0. The van der Waals surface area contributed by atoms with Crippen molar-refractivity contribution in [2.75, 3.05) is 5.32 Å². The number of rotatable bonds is 3. The van der Waals surface area contributed by atoms with E-state index in [-0.39, 0.29) is 12.5 Å². The third-order valence-corrected chi connectivity index (χ3v) is 2.55. The molecule has 6 nitrogen and oxygen atoms in total. The molecular formula is C12H11N5O. The Bertz CT molecular complexity index is 671. The molecule has 3 rings (SSSR count). The van der Waals surface area contributed by atoms with Crippen LogP contribution >= 0.6 is 0 Å². The zero-order valence-electron chi connectivity index (χ0n) is 9.52. The van der Waals surface area contributed by atoms with Gasteiger partial charge in [0.2, 0.25) is 5.91 Å². The molecule has 0 fully saturated rings. The minimum Gasteiger partial charge on any atom is -0.324 e. The Morgan fingerprint density at radius 3 is 3.00 bits per heavy atom. The number of fused-ring (bicyclic) bond motifs is 1. The SMILES string of the molecule is O=C(Cn1cccn1)Nc1ccn2nccc2c1. The molecule has 3 aromatic heterocycles. The Morgan fingerprint density at radius 1 is 1.22 bits per heavy atom. The summed E-state index contributed by atoms with van der Waals surface area (Å²) in [5.74, 6) is -0.109. The number of pyridine rings is 1. The van der Waals surface area contributed by atoms with Crippen molar-refractivity contribution in [3.8, 4) is 0 Å². The summed E-state index contributed by atoms with van der Waals surface area (Å²) >= 11 is 0. The van der Waals surface area contributed by atoms with Crippen LogP contribution in [0.25, 0.3) is 5.52 Å². The van der Waals surface area contributed by atoms with Crippen LogP contribution in [0.15, 0.2) is 49.1 Å². The van der Waals surface area contributed by atoms with E-state index in [1.807, 2.05) is 12.1 Å². The van der Waals surface area contributed by atoms with Crippen LogP contribution in [-0.4, -0.2) is 25.3 Å². The van der Waals surface area contributed by atoms with Crippen molar-refractivity contribution >= 4 is 17.1 Å². The first-order chi connectivity index (χ1) is 8.81. The van der Waals surface area contributed by atoms with Crippen molar-refractivity contribution in [1.82, 2.24) is 19.4 Å². The Balaban J connectivity index is 1.73. The van der Waals surface area contributed by atoms with Gasteiger partial charge in [0, 0.05) is 30.5 Å². The molecule has 0 aliphatic heterocycles. The van der Waals surface area contributed by atoms with Crippen LogP contribution in [0.3, 0.4) is 0 Å². The lowest BCUT2D eigenvalue weighted by Gasteiger charge is -2.05. The number of carbonyl (C=O) groups is 1. The molecule has 0 saturated heterocycles. The molecule has 18 heavy (non-hydrogen) atoms. The Morgan fingerprint density at radius 2 is 2.17 bits per heavy atom. The van der Waals surface area contributed by atoms with Crippen LogP contribution in [0.4, 0.5) is 5.69 Å². The lowest BCUT2D eigenvalue weighted by Crippen LogP contribution is -2.19. The molecular weight excluding hydrogens is 230 g/mol. The summed E-state index contributed by atoms with van der Waals surface area (Å²) in [5.41, 5.74) is 1.69. The molecule has 0 aliphatic rings. The molecule has 0 unspecified atom stereocenters. The molecule has 0 aromatic carbocycles. The normalized spacial score (nSPS) is 10.7. The summed E-state index contributed by atoms with van der Waals surface area (Å²) in [5, 5.41) is 10.9. The Kier molecular flexibility index (Phi) is 2.53. The van der Waals surface area contributed by atoms with E-state index < -0.39 is 0 Å². The molecule has 0 saturated carbocycles. The van der Waals surface area contributed by atoms with Gasteiger partial charge in [-0.15, -0.1) is 0 Å². The van der Waals surface area contributed by atoms with Crippen molar-refractivity contribution in [3.63, 3.8) is 0 Å². The summed E-state index contributed by atoms with van der Waals surface area (Å²) in [4.78, 5) is 11.8. The molecule has 0 atom stereocenters. The van der Waals surface area contributed by atoms with E-state index in [2.05, 4.69) is 15.5 Å². The van der Waals surface area contributed by atoms with Crippen molar-refractivity contribution < 1.29 is 4.79 Å². The predicted octanol–water partition coefficient (Wildman–Crippen LogP) is 1.17. The second-order valence-electron chi connectivity index (χ2n) is 3.87. The van der Waals surface area contributed by atoms with Gasteiger partial charge in [0.05, 0.1) is 5.52 Å². The quantitative estimate of drug-likeness (QED) is 0.748. The lowest BCUT2D eigenvalue weighted by atomic mass is 10.3. The van der Waals surface area contributed by atoms with E-state index >= 15 is 0 Å². The number of hydrogen-bond acceptors (Lipinski definition) is 3. The van der Waals surface area contributed by atoms with Gasteiger partial charge < -0.3 is 5.32 Å². The average molecular weight is 241 g/mol. The van der Waals surface area contributed by atoms with Crippen LogP contribution in [0.1, 0.15) is 0 Å². The molecule has 1 amide bonds. The first-order valence-corrected chi connectivity index (χ1v) is 5.52. The second-order valence-corrected chi connectivity index (χ2v) is 3.87. The van der Waals surface area contributed by atoms with Gasteiger partial charge in [-0.3, -0.25) is 9.48 Å². The minimum atomic E-state index is -0.109. The molecule has 0 radical (unpaired) electrons. The maximum Gasteiger partial charge on any atom is 0.246 e. The number of nitrogens with one attached hydrogen (secondary N) is 1. The molecule has 6 heteroatoms. The van der Waals surface area contributed by atoms with E-state index in [1.165, 1.54) is 0 Å². The van der Waals surface area contributed by atoms with E-state index in [9.17, 15) is 4.79 Å². The zero-order valence-corrected chi connectivity index (χ0v) is 9.52. The van der Waals surface area contributed by atoms with Gasteiger partial charge in [-0.1, -0.05) is 0 Å². The van der Waals surface area contributed by atoms with Crippen molar-refractivity contribution in [3.05, 3.63) is 49.1 Å². The van der Waals surface area contributed by atoms with Gasteiger partial charge in [-0.05, 0) is 24.3 Å². The van der Waals surface area contributed by atoms with E-state index in [0.717, 1.165) is 11.2 Å². The van der Waals surface area contributed by atoms with Crippen LogP contribution in [0.5, 0.6) is 0 Å².